The Morgan fingerprint density at radius 1 is 1.15 bits per heavy atom. The summed E-state index contributed by atoms with van der Waals surface area (Å²) in [6.07, 6.45) is 3.81. The van der Waals surface area contributed by atoms with Crippen LogP contribution in [-0.4, -0.2) is 50.1 Å². The Morgan fingerprint density at radius 2 is 1.85 bits per heavy atom. The van der Waals surface area contributed by atoms with Gasteiger partial charge in [-0.1, -0.05) is 24.3 Å². The van der Waals surface area contributed by atoms with Gasteiger partial charge in [0.25, 0.3) is 0 Å². The maximum Gasteiger partial charge on any atom is 0.305 e. The number of hydrogen-bond donors (Lipinski definition) is 2. The summed E-state index contributed by atoms with van der Waals surface area (Å²) in [4.78, 5) is 18.0. The highest BCUT2D eigenvalue weighted by Gasteiger charge is 2.11. The van der Waals surface area contributed by atoms with E-state index in [0.29, 0.717) is 19.6 Å². The summed E-state index contributed by atoms with van der Waals surface area (Å²) in [5.74, 6) is 0.598. The van der Waals surface area contributed by atoms with Crippen LogP contribution in [0.15, 0.2) is 29.3 Å². The summed E-state index contributed by atoms with van der Waals surface area (Å²) in [6, 6.07) is 8.77. The fourth-order valence-electron chi connectivity index (χ4n) is 3.04. The number of benzene rings is 1. The minimum absolute atomic E-state index is 0.147. The minimum Gasteiger partial charge on any atom is -0.466 e. The van der Waals surface area contributed by atoms with Crippen molar-refractivity contribution in [3.63, 3.8) is 0 Å². The maximum absolute atomic E-state index is 11.3. The summed E-state index contributed by atoms with van der Waals surface area (Å²) in [5.41, 5.74) is 2.60. The third-order valence-electron chi connectivity index (χ3n) is 4.47. The number of carbonyl (C=O) groups excluding carboxylic acids is 1. The van der Waals surface area contributed by atoms with Gasteiger partial charge >= 0.3 is 5.97 Å². The number of rotatable bonds is 9. The molecule has 144 valence electrons. The molecule has 0 aromatic heterocycles. The number of ether oxygens (including phenoxy) is 1. The van der Waals surface area contributed by atoms with Crippen LogP contribution in [0, 0.1) is 0 Å². The van der Waals surface area contributed by atoms with Crippen molar-refractivity contribution >= 4 is 11.9 Å². The lowest BCUT2D eigenvalue weighted by Crippen LogP contribution is -2.37. The molecular formula is C20H32N4O2. The Bertz CT molecular complexity index is 566. The monoisotopic (exact) mass is 360 g/mol. The Labute approximate surface area is 157 Å². The normalized spacial score (nSPS) is 15.1. The quantitative estimate of drug-likeness (QED) is 0.306. The van der Waals surface area contributed by atoms with Crippen molar-refractivity contribution in [1.29, 1.82) is 0 Å². The molecule has 26 heavy (non-hydrogen) atoms. The van der Waals surface area contributed by atoms with Gasteiger partial charge in [0.15, 0.2) is 5.96 Å². The Kier molecular flexibility index (Phi) is 8.96. The zero-order chi connectivity index (χ0) is 18.6. The van der Waals surface area contributed by atoms with Crippen LogP contribution in [0.3, 0.4) is 0 Å². The molecule has 1 aromatic carbocycles. The molecule has 1 heterocycles. The van der Waals surface area contributed by atoms with E-state index in [1.54, 1.807) is 7.05 Å². The first-order valence-electron chi connectivity index (χ1n) is 9.61. The van der Waals surface area contributed by atoms with Crippen LogP contribution in [0.2, 0.25) is 0 Å². The van der Waals surface area contributed by atoms with Crippen molar-refractivity contribution in [3.8, 4) is 0 Å². The number of esters is 1. The molecule has 6 nitrogen and oxygen atoms in total. The Hall–Kier alpha value is -2.08. The van der Waals surface area contributed by atoms with Gasteiger partial charge in [0.1, 0.15) is 0 Å². The molecule has 0 bridgehead atoms. The van der Waals surface area contributed by atoms with Gasteiger partial charge in [0.2, 0.25) is 0 Å². The van der Waals surface area contributed by atoms with Gasteiger partial charge in [-0.3, -0.25) is 14.7 Å². The predicted molar refractivity (Wildman–Crippen MR) is 105 cm³/mol. The molecule has 1 fully saturated rings. The average molecular weight is 361 g/mol. The molecule has 1 aliphatic heterocycles. The standard InChI is InChI=1S/C20H32N4O2/c1-3-26-19(25)7-6-12-22-20(21-2)23-15-17-8-10-18(11-9-17)16-24-13-4-5-14-24/h8-11H,3-7,12-16H2,1-2H3,(H2,21,22,23). The van der Waals surface area contributed by atoms with Crippen LogP contribution in [-0.2, 0) is 22.6 Å². The highest BCUT2D eigenvalue weighted by atomic mass is 16.5. The highest BCUT2D eigenvalue weighted by Crippen LogP contribution is 2.13. The average Bonchev–Trinajstić information content (AvgIpc) is 3.15. The lowest BCUT2D eigenvalue weighted by atomic mass is 10.1. The van der Waals surface area contributed by atoms with Crippen LogP contribution in [0.4, 0.5) is 0 Å². The van der Waals surface area contributed by atoms with Crippen molar-refractivity contribution in [3.05, 3.63) is 35.4 Å². The smallest absolute Gasteiger partial charge is 0.305 e. The van der Waals surface area contributed by atoms with E-state index in [0.717, 1.165) is 25.5 Å². The molecule has 0 atom stereocenters. The van der Waals surface area contributed by atoms with Crippen LogP contribution in [0.25, 0.3) is 0 Å². The number of likely N-dealkylation sites (tertiary alicyclic amines) is 1. The maximum atomic E-state index is 11.3. The third kappa shape index (κ3) is 7.44. The topological polar surface area (TPSA) is 66.0 Å². The Balaban J connectivity index is 1.66. The molecule has 1 aliphatic rings. The molecule has 2 N–H and O–H groups in total. The van der Waals surface area contributed by atoms with Gasteiger partial charge in [-0.05, 0) is 50.4 Å². The molecule has 6 heteroatoms. The number of carbonyl (C=O) groups is 1. The van der Waals surface area contributed by atoms with E-state index < -0.39 is 0 Å². The van der Waals surface area contributed by atoms with Crippen molar-refractivity contribution in [1.82, 2.24) is 15.5 Å². The molecular weight excluding hydrogens is 328 g/mol. The predicted octanol–water partition coefficient (Wildman–Crippen LogP) is 2.29. The highest BCUT2D eigenvalue weighted by molar-refractivity contribution is 5.79. The van der Waals surface area contributed by atoms with E-state index in [2.05, 4.69) is 44.8 Å². The minimum atomic E-state index is -0.147. The molecule has 0 saturated carbocycles. The van der Waals surface area contributed by atoms with E-state index in [9.17, 15) is 4.79 Å². The molecule has 0 spiro atoms. The van der Waals surface area contributed by atoms with E-state index in [-0.39, 0.29) is 5.97 Å². The molecule has 1 saturated heterocycles. The first-order valence-corrected chi connectivity index (χ1v) is 9.61. The second kappa shape index (κ2) is 11.5. The number of aliphatic imine (C=N–C) groups is 1. The largest absolute Gasteiger partial charge is 0.466 e. The zero-order valence-electron chi connectivity index (χ0n) is 16.1. The van der Waals surface area contributed by atoms with Gasteiger partial charge in [-0.15, -0.1) is 0 Å². The van der Waals surface area contributed by atoms with E-state index >= 15 is 0 Å². The fourth-order valence-corrected chi connectivity index (χ4v) is 3.04. The number of nitrogens with zero attached hydrogens (tertiary/aromatic N) is 2. The zero-order valence-corrected chi connectivity index (χ0v) is 16.1. The summed E-state index contributed by atoms with van der Waals surface area (Å²) in [7, 11) is 1.75. The summed E-state index contributed by atoms with van der Waals surface area (Å²) < 4.78 is 4.92. The fraction of sp³-hybridized carbons (Fsp3) is 0.600. The van der Waals surface area contributed by atoms with E-state index in [4.69, 9.17) is 4.74 Å². The summed E-state index contributed by atoms with van der Waals surface area (Å²) in [5, 5.41) is 6.53. The first kappa shape index (κ1) is 20.2. The van der Waals surface area contributed by atoms with Gasteiger partial charge in [-0.2, -0.15) is 0 Å². The third-order valence-corrected chi connectivity index (χ3v) is 4.47. The van der Waals surface area contributed by atoms with Crippen molar-refractivity contribution in [2.24, 2.45) is 4.99 Å². The summed E-state index contributed by atoms with van der Waals surface area (Å²) in [6.45, 7) is 7.17. The molecule has 0 unspecified atom stereocenters. The van der Waals surface area contributed by atoms with Gasteiger partial charge in [-0.25, -0.2) is 0 Å². The summed E-state index contributed by atoms with van der Waals surface area (Å²) >= 11 is 0. The second-order valence-electron chi connectivity index (χ2n) is 6.56. The molecule has 2 rings (SSSR count). The van der Waals surface area contributed by atoms with Gasteiger partial charge in [0.05, 0.1) is 6.61 Å². The van der Waals surface area contributed by atoms with Crippen molar-refractivity contribution < 1.29 is 9.53 Å². The van der Waals surface area contributed by atoms with Crippen molar-refractivity contribution in [2.45, 2.75) is 45.7 Å². The van der Waals surface area contributed by atoms with Gasteiger partial charge < -0.3 is 15.4 Å². The molecule has 0 radical (unpaired) electrons. The first-order chi connectivity index (χ1) is 12.7. The number of hydrogen-bond acceptors (Lipinski definition) is 4. The van der Waals surface area contributed by atoms with Crippen molar-refractivity contribution in [2.75, 3.05) is 33.3 Å². The van der Waals surface area contributed by atoms with Crippen LogP contribution < -0.4 is 10.6 Å². The number of guanidine groups is 1. The van der Waals surface area contributed by atoms with Crippen LogP contribution >= 0.6 is 0 Å². The molecule has 0 amide bonds. The Morgan fingerprint density at radius 3 is 2.50 bits per heavy atom. The lowest BCUT2D eigenvalue weighted by Gasteiger charge is -2.15. The molecule has 0 aliphatic carbocycles. The number of nitrogens with one attached hydrogen (secondary N) is 2. The van der Waals surface area contributed by atoms with E-state index in [1.807, 2.05) is 6.92 Å². The SMILES string of the molecule is CCOC(=O)CCCNC(=NC)NCc1ccc(CN2CCCC2)cc1. The van der Waals surface area contributed by atoms with Crippen LogP contribution in [0.5, 0.6) is 0 Å². The second-order valence-corrected chi connectivity index (χ2v) is 6.56. The van der Waals surface area contributed by atoms with E-state index in [1.165, 1.54) is 37.1 Å². The molecule has 1 aromatic rings. The lowest BCUT2D eigenvalue weighted by molar-refractivity contribution is -0.143. The van der Waals surface area contributed by atoms with Gasteiger partial charge in [0, 0.05) is 33.1 Å². The van der Waals surface area contributed by atoms with Crippen LogP contribution in [0.1, 0.15) is 43.7 Å².